The van der Waals surface area contributed by atoms with Crippen LogP contribution in [0.4, 0.5) is 19.3 Å². The molecule has 0 aliphatic carbocycles. The van der Waals surface area contributed by atoms with Crippen LogP contribution in [0.2, 0.25) is 0 Å². The molecule has 2 aromatic carbocycles. The van der Waals surface area contributed by atoms with E-state index in [0.717, 1.165) is 11.1 Å². The predicted molar refractivity (Wildman–Crippen MR) is 113 cm³/mol. The third-order valence-electron chi connectivity index (χ3n) is 4.92. The van der Waals surface area contributed by atoms with Crippen LogP contribution in [0.15, 0.2) is 48.5 Å². The van der Waals surface area contributed by atoms with Gasteiger partial charge in [-0.25, -0.2) is 19.0 Å². The zero-order valence-corrected chi connectivity index (χ0v) is 17.5. The van der Waals surface area contributed by atoms with Crippen LogP contribution in [0.1, 0.15) is 31.4 Å². The highest BCUT2D eigenvalue weighted by Crippen LogP contribution is 2.23. The first kappa shape index (κ1) is 22.5. The Labute approximate surface area is 179 Å². The number of hydrazine groups is 1. The first-order chi connectivity index (χ1) is 14.7. The van der Waals surface area contributed by atoms with Crippen LogP contribution in [0, 0.1) is 0 Å². The number of benzene rings is 2. The van der Waals surface area contributed by atoms with Gasteiger partial charge in [-0.2, -0.15) is 0 Å². The summed E-state index contributed by atoms with van der Waals surface area (Å²) in [5, 5.41) is 2.32. The number of nitrogens with zero attached hydrogens (tertiary/aromatic N) is 1. The van der Waals surface area contributed by atoms with E-state index in [1.807, 2.05) is 38.1 Å². The highest BCUT2D eigenvalue weighted by molar-refractivity contribution is 5.96. The molecule has 0 spiro atoms. The molecule has 3 N–H and O–H groups in total. The van der Waals surface area contributed by atoms with E-state index in [-0.39, 0.29) is 11.9 Å². The first-order valence-electron chi connectivity index (χ1n) is 9.95. The lowest BCUT2D eigenvalue weighted by Gasteiger charge is -2.29. The van der Waals surface area contributed by atoms with Crippen molar-refractivity contribution in [3.8, 4) is 5.75 Å². The zero-order valence-electron chi connectivity index (χ0n) is 17.5. The lowest BCUT2D eigenvalue weighted by molar-refractivity contribution is -0.121. The molecule has 7 nitrogen and oxygen atoms in total. The van der Waals surface area contributed by atoms with Crippen molar-refractivity contribution < 1.29 is 23.1 Å². The molecule has 1 aliphatic heterocycles. The number of rotatable bonds is 9. The van der Waals surface area contributed by atoms with Gasteiger partial charge in [-0.05, 0) is 37.1 Å². The molecule has 166 valence electrons. The number of halogens is 2. The Morgan fingerprint density at radius 3 is 2.58 bits per heavy atom. The summed E-state index contributed by atoms with van der Waals surface area (Å²) in [4.78, 5) is 24.7. The zero-order chi connectivity index (χ0) is 22.4. The van der Waals surface area contributed by atoms with Crippen LogP contribution in [-0.2, 0) is 16.9 Å². The minimum absolute atomic E-state index is 0.247. The molecule has 1 aliphatic rings. The predicted octanol–water partition coefficient (Wildman–Crippen LogP) is 3.62. The van der Waals surface area contributed by atoms with Gasteiger partial charge in [0.15, 0.2) is 0 Å². The third kappa shape index (κ3) is 6.39. The Morgan fingerprint density at radius 2 is 1.90 bits per heavy atom. The average Bonchev–Trinajstić information content (AvgIpc) is 2.74. The van der Waals surface area contributed by atoms with Gasteiger partial charge in [0.25, 0.3) is 6.43 Å². The van der Waals surface area contributed by atoms with E-state index in [1.165, 1.54) is 0 Å². The van der Waals surface area contributed by atoms with Crippen molar-refractivity contribution in [1.82, 2.24) is 15.6 Å². The Hall–Kier alpha value is -3.20. The fraction of sp³-hybridized carbons (Fsp3) is 0.364. The van der Waals surface area contributed by atoms with E-state index >= 15 is 0 Å². The number of imide groups is 1. The number of hydrogen-bond acceptors (Lipinski definition) is 5. The molecule has 0 aromatic heterocycles. The summed E-state index contributed by atoms with van der Waals surface area (Å²) in [5.41, 5.74) is 8.52. The molecule has 3 amide bonds. The van der Waals surface area contributed by atoms with Crippen molar-refractivity contribution in [2.45, 2.75) is 38.8 Å². The van der Waals surface area contributed by atoms with Gasteiger partial charge in [-0.15, -0.1) is 0 Å². The molecule has 0 bridgehead atoms. The van der Waals surface area contributed by atoms with Gasteiger partial charge < -0.3 is 15.1 Å². The second-order valence-electron chi connectivity index (χ2n) is 7.83. The van der Waals surface area contributed by atoms with Crippen molar-refractivity contribution in [2.75, 3.05) is 18.6 Å². The second kappa shape index (κ2) is 9.74. The second-order valence-corrected chi connectivity index (χ2v) is 7.83. The van der Waals surface area contributed by atoms with Crippen molar-refractivity contribution in [3.05, 3.63) is 59.7 Å². The highest BCUT2D eigenvalue weighted by atomic mass is 19.3. The number of carbonyl (C=O) groups is 2. The molecule has 0 unspecified atom stereocenters. The average molecular weight is 432 g/mol. The van der Waals surface area contributed by atoms with Gasteiger partial charge in [0, 0.05) is 25.6 Å². The molecule has 2 aromatic rings. The summed E-state index contributed by atoms with van der Waals surface area (Å²) in [6, 6.07) is 14.2. The Kier molecular flexibility index (Phi) is 7.06. The summed E-state index contributed by atoms with van der Waals surface area (Å²) >= 11 is 0. The molecule has 3 rings (SSSR count). The lowest BCUT2D eigenvalue weighted by Crippen LogP contribution is -2.48. The van der Waals surface area contributed by atoms with Crippen LogP contribution in [0.5, 0.6) is 5.75 Å². The Bertz CT molecular complexity index is 919. The SMILES string of the molecule is CC(C)(NNc1cccc(OCC(F)F)c1)c1ccc(CN2CCC(=O)NC2=O)cc1. The first-order valence-corrected chi connectivity index (χ1v) is 9.95. The number of carbonyl (C=O) groups excluding carboxylic acids is 2. The molecule has 0 atom stereocenters. The maximum absolute atomic E-state index is 12.3. The molecule has 0 saturated carbocycles. The van der Waals surface area contributed by atoms with Crippen molar-refractivity contribution in [3.63, 3.8) is 0 Å². The Morgan fingerprint density at radius 1 is 1.16 bits per heavy atom. The van der Waals surface area contributed by atoms with E-state index in [1.54, 1.807) is 29.2 Å². The minimum atomic E-state index is -2.52. The summed E-state index contributed by atoms with van der Waals surface area (Å²) in [5.74, 6) is 0.112. The van der Waals surface area contributed by atoms with Gasteiger partial charge in [0.2, 0.25) is 5.91 Å². The van der Waals surface area contributed by atoms with Gasteiger partial charge in [0.05, 0.1) is 11.2 Å². The number of ether oxygens (including phenoxy) is 1. The maximum atomic E-state index is 12.3. The topological polar surface area (TPSA) is 82.7 Å². The third-order valence-corrected chi connectivity index (χ3v) is 4.92. The fourth-order valence-corrected chi connectivity index (χ4v) is 3.12. The van der Waals surface area contributed by atoms with Gasteiger partial charge in [0.1, 0.15) is 12.4 Å². The summed E-state index contributed by atoms with van der Waals surface area (Å²) in [7, 11) is 0. The number of urea groups is 1. The Balaban J connectivity index is 1.57. The van der Waals surface area contributed by atoms with Gasteiger partial charge >= 0.3 is 6.03 Å². The number of nitrogens with one attached hydrogen (secondary N) is 3. The van der Waals surface area contributed by atoms with Gasteiger partial charge in [-0.1, -0.05) is 30.3 Å². The van der Waals surface area contributed by atoms with Crippen LogP contribution < -0.4 is 20.9 Å². The number of anilines is 1. The van der Waals surface area contributed by atoms with Crippen molar-refractivity contribution in [2.24, 2.45) is 0 Å². The molecule has 0 radical (unpaired) electrons. The standard InChI is InChI=1S/C22H26F2N4O3/c1-22(2,27-26-17-4-3-5-18(12-17)31-14-19(23)24)16-8-6-15(7-9-16)13-28-11-10-20(29)25-21(28)30/h3-9,12,19,26-27H,10-11,13-14H2,1-2H3,(H,25,29,30). The van der Waals surface area contributed by atoms with E-state index in [9.17, 15) is 18.4 Å². The number of amides is 3. The lowest BCUT2D eigenvalue weighted by atomic mass is 9.94. The van der Waals surface area contributed by atoms with Crippen LogP contribution >= 0.6 is 0 Å². The van der Waals surface area contributed by atoms with Crippen LogP contribution in [-0.4, -0.2) is 36.4 Å². The van der Waals surface area contributed by atoms with Crippen molar-refractivity contribution in [1.29, 1.82) is 0 Å². The quantitative estimate of drug-likeness (QED) is 0.527. The molecule has 1 fully saturated rings. The van der Waals surface area contributed by atoms with Gasteiger partial charge in [-0.3, -0.25) is 10.1 Å². The molecular formula is C22H26F2N4O3. The van der Waals surface area contributed by atoms with E-state index in [0.29, 0.717) is 30.9 Å². The fourth-order valence-electron chi connectivity index (χ4n) is 3.12. The number of hydrogen-bond donors (Lipinski definition) is 3. The molecule has 31 heavy (non-hydrogen) atoms. The maximum Gasteiger partial charge on any atom is 0.324 e. The largest absolute Gasteiger partial charge is 0.488 e. The molecule has 1 heterocycles. The van der Waals surface area contributed by atoms with Crippen LogP contribution in [0.25, 0.3) is 0 Å². The summed E-state index contributed by atoms with van der Waals surface area (Å²) in [6.45, 7) is 4.18. The number of alkyl halides is 2. The smallest absolute Gasteiger partial charge is 0.324 e. The minimum Gasteiger partial charge on any atom is -0.488 e. The normalized spacial score (nSPS) is 14.5. The van der Waals surface area contributed by atoms with E-state index < -0.39 is 18.6 Å². The van der Waals surface area contributed by atoms with Crippen LogP contribution in [0.3, 0.4) is 0 Å². The molecular weight excluding hydrogens is 406 g/mol. The summed E-state index contributed by atoms with van der Waals surface area (Å²) in [6.07, 6.45) is -2.22. The monoisotopic (exact) mass is 432 g/mol. The molecule has 9 heteroatoms. The summed E-state index contributed by atoms with van der Waals surface area (Å²) < 4.78 is 29.7. The highest BCUT2D eigenvalue weighted by Gasteiger charge is 2.24. The van der Waals surface area contributed by atoms with Crippen molar-refractivity contribution >= 4 is 17.6 Å². The molecule has 1 saturated heterocycles. The van der Waals surface area contributed by atoms with E-state index in [4.69, 9.17) is 4.74 Å². The van der Waals surface area contributed by atoms with E-state index in [2.05, 4.69) is 16.2 Å².